The molecule has 0 atom stereocenters. The first kappa shape index (κ1) is 15.1. The number of allylic oxidation sites excluding steroid dienone is 1. The fraction of sp³-hybridized carbons (Fsp3) is 0.238. The Labute approximate surface area is 128 Å². The van der Waals surface area contributed by atoms with Gasteiger partial charge in [0.05, 0.1) is 0 Å². The molecule has 2 aromatic carbocycles. The molecule has 0 saturated carbocycles. The Morgan fingerprint density at radius 3 is 2.19 bits per heavy atom. The molecule has 0 fully saturated rings. The lowest BCUT2D eigenvalue weighted by Crippen LogP contribution is -1.89. The van der Waals surface area contributed by atoms with Crippen molar-refractivity contribution >= 4 is 6.08 Å². The monoisotopic (exact) mass is 274 g/mol. The van der Waals surface area contributed by atoms with Crippen molar-refractivity contribution < 1.29 is 0 Å². The van der Waals surface area contributed by atoms with E-state index in [1.807, 2.05) is 0 Å². The lowest BCUT2D eigenvalue weighted by atomic mass is 10.00. The first-order valence-corrected chi connectivity index (χ1v) is 7.45. The summed E-state index contributed by atoms with van der Waals surface area (Å²) in [6.07, 6.45) is 3.26. The summed E-state index contributed by atoms with van der Waals surface area (Å²) in [5, 5.41) is 0. The van der Waals surface area contributed by atoms with Crippen LogP contribution in [0.3, 0.4) is 0 Å². The van der Waals surface area contributed by atoms with Crippen LogP contribution in [-0.2, 0) is 6.42 Å². The van der Waals surface area contributed by atoms with Crippen molar-refractivity contribution in [3.63, 3.8) is 0 Å². The quantitative estimate of drug-likeness (QED) is 0.645. The molecular weight excluding hydrogens is 252 g/mol. The number of hydrogen-bond donors (Lipinski definition) is 0. The van der Waals surface area contributed by atoms with Crippen molar-refractivity contribution in [1.29, 1.82) is 0 Å². The molecule has 0 spiro atoms. The molecule has 0 nitrogen and oxygen atoms in total. The Kier molecular flexibility index (Phi) is 5.01. The maximum atomic E-state index is 3.26. The minimum Gasteiger partial charge on any atom is -0.0758 e. The Hall–Kier alpha value is -2.26. The van der Waals surface area contributed by atoms with Gasteiger partial charge in [-0.25, -0.2) is 0 Å². The smallest absolute Gasteiger partial charge is 0.0252 e. The van der Waals surface area contributed by atoms with Gasteiger partial charge in [-0.3, -0.25) is 0 Å². The van der Waals surface area contributed by atoms with Crippen molar-refractivity contribution in [2.24, 2.45) is 0 Å². The van der Waals surface area contributed by atoms with Crippen LogP contribution in [-0.4, -0.2) is 0 Å². The van der Waals surface area contributed by atoms with Gasteiger partial charge in [0.25, 0.3) is 0 Å². The second-order valence-electron chi connectivity index (χ2n) is 5.60. The zero-order valence-electron chi connectivity index (χ0n) is 13.3. The second kappa shape index (κ2) is 6.95. The van der Waals surface area contributed by atoms with Crippen LogP contribution in [0.25, 0.3) is 6.08 Å². The summed E-state index contributed by atoms with van der Waals surface area (Å²) in [6, 6.07) is 14.8. The van der Waals surface area contributed by atoms with Crippen molar-refractivity contribution in [2.75, 3.05) is 0 Å². The maximum absolute atomic E-state index is 3.26. The normalized spacial score (nSPS) is 9.71. The van der Waals surface area contributed by atoms with Crippen molar-refractivity contribution in [1.82, 2.24) is 0 Å². The molecule has 0 amide bonds. The summed E-state index contributed by atoms with van der Waals surface area (Å²) in [4.78, 5) is 0. The fourth-order valence-corrected chi connectivity index (χ4v) is 2.22. The first-order chi connectivity index (χ1) is 10.1. The number of hydrogen-bond acceptors (Lipinski definition) is 0. The van der Waals surface area contributed by atoms with E-state index in [4.69, 9.17) is 0 Å². The Bertz CT molecular complexity index is 700. The average Bonchev–Trinajstić information content (AvgIpc) is 2.47. The highest BCUT2D eigenvalue weighted by atomic mass is 14.0. The van der Waals surface area contributed by atoms with Crippen LogP contribution in [0.1, 0.15) is 48.6 Å². The highest BCUT2D eigenvalue weighted by Gasteiger charge is 1.99. The zero-order chi connectivity index (χ0) is 15.2. The highest BCUT2D eigenvalue weighted by molar-refractivity contribution is 5.58. The highest BCUT2D eigenvalue weighted by Crippen LogP contribution is 2.16. The number of aryl methyl sites for hydroxylation is 2. The van der Waals surface area contributed by atoms with Gasteiger partial charge in [0.15, 0.2) is 0 Å². The van der Waals surface area contributed by atoms with Gasteiger partial charge in [0.2, 0.25) is 0 Å². The third-order valence-electron chi connectivity index (χ3n) is 3.37. The number of rotatable bonds is 2. The molecule has 0 aliphatic rings. The minimum atomic E-state index is 1.03. The fourth-order valence-electron chi connectivity index (χ4n) is 2.22. The van der Waals surface area contributed by atoms with Crippen LogP contribution >= 0.6 is 0 Å². The molecule has 0 aromatic heterocycles. The molecule has 0 aliphatic heterocycles. The molecule has 2 rings (SSSR count). The van der Waals surface area contributed by atoms with Gasteiger partial charge in [0.1, 0.15) is 0 Å². The number of benzene rings is 2. The van der Waals surface area contributed by atoms with Gasteiger partial charge in [-0.05, 0) is 62.6 Å². The summed E-state index contributed by atoms with van der Waals surface area (Å²) in [5.41, 5.74) is 7.39. The minimum absolute atomic E-state index is 1.03. The molecule has 0 aliphatic carbocycles. The van der Waals surface area contributed by atoms with Gasteiger partial charge < -0.3 is 0 Å². The molecule has 106 valence electrons. The zero-order valence-corrected chi connectivity index (χ0v) is 13.3. The molecule has 0 heterocycles. The predicted molar refractivity (Wildman–Crippen MR) is 92.3 cm³/mol. The summed E-state index contributed by atoms with van der Waals surface area (Å²) in [6.45, 7) is 8.54. The van der Waals surface area contributed by atoms with Gasteiger partial charge in [-0.1, -0.05) is 54.2 Å². The van der Waals surface area contributed by atoms with Crippen molar-refractivity contribution in [3.05, 3.63) is 75.9 Å². The molecule has 0 saturated heterocycles. The van der Waals surface area contributed by atoms with E-state index >= 15 is 0 Å². The van der Waals surface area contributed by atoms with E-state index in [0.717, 1.165) is 17.5 Å². The van der Waals surface area contributed by atoms with Crippen LogP contribution in [0.4, 0.5) is 0 Å². The van der Waals surface area contributed by atoms with E-state index in [0.29, 0.717) is 0 Å². The molecular formula is C21H22. The van der Waals surface area contributed by atoms with Gasteiger partial charge in [-0.2, -0.15) is 0 Å². The lowest BCUT2D eigenvalue weighted by Gasteiger charge is -2.05. The van der Waals surface area contributed by atoms with Gasteiger partial charge in [-0.15, -0.1) is 0 Å². The summed E-state index contributed by atoms with van der Waals surface area (Å²) < 4.78 is 0. The summed E-state index contributed by atoms with van der Waals surface area (Å²) >= 11 is 0. The van der Waals surface area contributed by atoms with Gasteiger partial charge in [0, 0.05) is 11.1 Å². The third kappa shape index (κ3) is 4.36. The Morgan fingerprint density at radius 2 is 1.57 bits per heavy atom. The molecule has 2 aromatic rings. The van der Waals surface area contributed by atoms with Crippen LogP contribution < -0.4 is 0 Å². The first-order valence-electron chi connectivity index (χ1n) is 7.45. The molecule has 0 unspecified atom stereocenters. The molecule has 21 heavy (non-hydrogen) atoms. The maximum Gasteiger partial charge on any atom is 0.0252 e. The Balaban J connectivity index is 2.30. The predicted octanol–water partition coefficient (Wildman–Crippen LogP) is 5.38. The van der Waals surface area contributed by atoms with Crippen LogP contribution in [0.2, 0.25) is 0 Å². The van der Waals surface area contributed by atoms with E-state index in [1.54, 1.807) is 0 Å². The molecule has 0 radical (unpaired) electrons. The van der Waals surface area contributed by atoms with Gasteiger partial charge >= 0.3 is 0 Å². The van der Waals surface area contributed by atoms with E-state index in [9.17, 15) is 0 Å². The molecule has 0 bridgehead atoms. The topological polar surface area (TPSA) is 0 Å². The van der Waals surface area contributed by atoms with Crippen molar-refractivity contribution in [2.45, 2.75) is 34.1 Å². The van der Waals surface area contributed by atoms with E-state index in [2.05, 4.69) is 88.1 Å². The summed E-state index contributed by atoms with van der Waals surface area (Å²) in [5.74, 6) is 6.50. The largest absolute Gasteiger partial charge is 0.0758 e. The van der Waals surface area contributed by atoms with E-state index in [-0.39, 0.29) is 0 Å². The Morgan fingerprint density at radius 1 is 0.952 bits per heavy atom. The lowest BCUT2D eigenvalue weighted by molar-refractivity contribution is 1.13. The average molecular weight is 274 g/mol. The summed E-state index contributed by atoms with van der Waals surface area (Å²) in [7, 11) is 0. The molecule has 0 heteroatoms. The van der Waals surface area contributed by atoms with E-state index < -0.39 is 0 Å². The van der Waals surface area contributed by atoms with Crippen LogP contribution in [0.5, 0.6) is 0 Å². The van der Waals surface area contributed by atoms with E-state index in [1.165, 1.54) is 22.3 Å². The molecule has 0 N–H and O–H groups in total. The van der Waals surface area contributed by atoms with Crippen LogP contribution in [0, 0.1) is 18.8 Å². The standard InChI is InChI=1S/C21H22/c1-5-20-15-19(12-13-21(20)14-16(2)3)11-10-18-8-6-17(4)7-9-18/h6-9,12-15H,5H2,1-4H3. The third-order valence-corrected chi connectivity index (χ3v) is 3.37. The van der Waals surface area contributed by atoms with Crippen molar-refractivity contribution in [3.8, 4) is 11.8 Å². The second-order valence-corrected chi connectivity index (χ2v) is 5.60. The SMILES string of the molecule is CCc1cc(C#Cc2ccc(C)cc2)ccc1C=C(C)C. The van der Waals surface area contributed by atoms with Crippen LogP contribution in [0.15, 0.2) is 48.0 Å².